The topological polar surface area (TPSA) is 9.23 Å². The molecule has 0 aliphatic rings. The second kappa shape index (κ2) is 10.2. The van der Waals surface area contributed by atoms with Crippen LogP contribution in [0.5, 0.6) is 5.06 Å². The minimum Gasteiger partial charge on any atom is -0.453 e. The van der Waals surface area contributed by atoms with E-state index in [9.17, 15) is 17.3 Å². The lowest BCUT2D eigenvalue weighted by Gasteiger charge is -2.06. The van der Waals surface area contributed by atoms with Crippen molar-refractivity contribution in [2.45, 2.75) is 0 Å². The van der Waals surface area contributed by atoms with Crippen molar-refractivity contribution in [1.82, 2.24) is 0 Å². The second-order valence-corrected chi connectivity index (χ2v) is 7.62. The molecule has 0 saturated heterocycles. The van der Waals surface area contributed by atoms with E-state index in [1.807, 2.05) is 6.07 Å². The molecule has 1 heterocycles. The smallest absolute Gasteiger partial charge is 0.453 e. The molecule has 7 heteroatoms. The Morgan fingerprint density at radius 1 is 0.774 bits per heavy atom. The van der Waals surface area contributed by atoms with E-state index in [2.05, 4.69) is 91.0 Å². The third-order valence-corrected chi connectivity index (χ3v) is 5.31. The zero-order valence-corrected chi connectivity index (χ0v) is 17.5. The monoisotopic (exact) mass is 442 g/mol. The van der Waals surface area contributed by atoms with Gasteiger partial charge >= 0.3 is 12.3 Å². The summed E-state index contributed by atoms with van der Waals surface area (Å²) in [4.78, 5) is 1.16. The van der Waals surface area contributed by atoms with E-state index in [1.165, 1.54) is 27.5 Å². The highest BCUT2D eigenvalue weighted by atomic mass is 32.1. The normalized spacial score (nSPS) is 11.3. The molecule has 3 aromatic carbocycles. The highest BCUT2D eigenvalue weighted by molar-refractivity contribution is 7.14. The molecule has 0 unspecified atom stereocenters. The van der Waals surface area contributed by atoms with Crippen LogP contribution in [0.1, 0.15) is 10.4 Å². The molecule has 0 saturated carbocycles. The van der Waals surface area contributed by atoms with E-state index < -0.39 is 7.25 Å². The first kappa shape index (κ1) is 22.5. The lowest BCUT2D eigenvalue weighted by molar-refractivity contribution is 0.368. The maximum absolute atomic E-state index is 9.75. The number of rotatable bonds is 4. The molecule has 1 aromatic heterocycles. The van der Waals surface area contributed by atoms with Gasteiger partial charge in [0.2, 0.25) is 4.88 Å². The van der Waals surface area contributed by atoms with E-state index in [1.54, 1.807) is 18.4 Å². The number of ether oxygens (including phenoxy) is 1. The maximum Gasteiger partial charge on any atom is 0.673 e. The number of fused-ring (bicyclic) bond motifs is 1. The number of methoxy groups -OCH3 is 1. The third-order valence-electron chi connectivity index (χ3n) is 4.33. The standard InChI is InChI=1S/C24H19OS.BF4/c1-25-24-17-20(23-13-7-11-19-10-5-6-12-22(19)23)16-21(26-24)15-14-18-8-3-2-4-9-18;2-1(3,4)5/h2-17H,1H3;/q+1;-1. The van der Waals surface area contributed by atoms with Crippen LogP contribution >= 0.6 is 11.3 Å². The quantitative estimate of drug-likeness (QED) is 0.175. The fourth-order valence-electron chi connectivity index (χ4n) is 3.05. The minimum atomic E-state index is -6.00. The molecule has 0 spiro atoms. The Hall–Kier alpha value is -3.19. The SMILES string of the molecule is COc1cc(-c2cccc3ccccc23)cc(C=Cc2ccccc2)[s+]1.F[B-](F)(F)F. The summed E-state index contributed by atoms with van der Waals surface area (Å²) in [6, 6.07) is 29.6. The summed E-state index contributed by atoms with van der Waals surface area (Å²) in [5, 5.41) is 3.41. The van der Waals surface area contributed by atoms with Gasteiger partial charge in [-0.25, -0.2) is 0 Å². The lowest BCUT2D eigenvalue weighted by Crippen LogP contribution is -2.02. The van der Waals surface area contributed by atoms with Crippen molar-refractivity contribution >= 4 is 41.5 Å². The molecule has 31 heavy (non-hydrogen) atoms. The molecule has 0 atom stereocenters. The Balaban J connectivity index is 0.000000491. The van der Waals surface area contributed by atoms with Gasteiger partial charge in [-0.15, -0.1) is 0 Å². The van der Waals surface area contributed by atoms with Gasteiger partial charge in [-0.2, -0.15) is 0 Å². The Bertz CT molecular complexity index is 1170. The van der Waals surface area contributed by atoms with E-state index in [4.69, 9.17) is 4.74 Å². The van der Waals surface area contributed by atoms with Crippen LogP contribution in [0.2, 0.25) is 0 Å². The zero-order valence-electron chi connectivity index (χ0n) is 16.6. The molecule has 0 aliphatic heterocycles. The predicted molar refractivity (Wildman–Crippen MR) is 124 cm³/mol. The second-order valence-electron chi connectivity index (χ2n) is 6.54. The molecular weight excluding hydrogens is 423 g/mol. The van der Waals surface area contributed by atoms with Crippen LogP contribution in [0.25, 0.3) is 34.1 Å². The van der Waals surface area contributed by atoms with Crippen molar-refractivity contribution in [3.63, 3.8) is 0 Å². The Morgan fingerprint density at radius 2 is 1.42 bits per heavy atom. The van der Waals surface area contributed by atoms with Crippen molar-refractivity contribution in [1.29, 1.82) is 0 Å². The van der Waals surface area contributed by atoms with Crippen LogP contribution in [0.3, 0.4) is 0 Å². The molecule has 4 rings (SSSR count). The Kier molecular flexibility index (Phi) is 7.42. The predicted octanol–water partition coefficient (Wildman–Crippen LogP) is 8.33. The highest BCUT2D eigenvalue weighted by Gasteiger charge is 2.20. The van der Waals surface area contributed by atoms with Crippen molar-refractivity contribution in [3.8, 4) is 16.2 Å². The molecule has 0 aliphatic carbocycles. The van der Waals surface area contributed by atoms with Gasteiger partial charge < -0.3 is 22.0 Å². The molecule has 0 radical (unpaired) electrons. The molecular formula is C24H19BF4OS. The van der Waals surface area contributed by atoms with Gasteiger partial charge in [-0.3, -0.25) is 0 Å². The zero-order chi connectivity index (χ0) is 22.3. The Morgan fingerprint density at radius 3 is 2.13 bits per heavy atom. The summed E-state index contributed by atoms with van der Waals surface area (Å²) in [6.07, 6.45) is 4.29. The number of hydrogen-bond acceptors (Lipinski definition) is 1. The summed E-state index contributed by atoms with van der Waals surface area (Å²) in [7, 11) is -4.27. The number of halogens is 4. The van der Waals surface area contributed by atoms with Gasteiger partial charge in [0.1, 0.15) is 0 Å². The van der Waals surface area contributed by atoms with Gasteiger partial charge in [-0.1, -0.05) is 72.8 Å². The summed E-state index contributed by atoms with van der Waals surface area (Å²) in [6.45, 7) is 0. The fraction of sp³-hybridized carbons (Fsp3) is 0.0417. The summed E-state index contributed by atoms with van der Waals surface area (Å²) >= 11 is 1.65. The number of benzene rings is 3. The van der Waals surface area contributed by atoms with Crippen LogP contribution in [0, 0.1) is 0 Å². The summed E-state index contributed by atoms with van der Waals surface area (Å²) < 4.78 is 44.6. The van der Waals surface area contributed by atoms with Gasteiger partial charge in [0, 0.05) is 12.1 Å². The first-order chi connectivity index (χ1) is 14.8. The van der Waals surface area contributed by atoms with E-state index >= 15 is 0 Å². The molecule has 0 amide bonds. The summed E-state index contributed by atoms with van der Waals surface area (Å²) in [5.41, 5.74) is 3.59. The Labute approximate surface area is 182 Å². The average Bonchev–Trinajstić information content (AvgIpc) is 2.76. The third kappa shape index (κ3) is 6.93. The van der Waals surface area contributed by atoms with Crippen molar-refractivity contribution in [2.24, 2.45) is 0 Å². The van der Waals surface area contributed by atoms with E-state index in [0.29, 0.717) is 0 Å². The fourth-order valence-corrected chi connectivity index (χ4v) is 3.88. The highest BCUT2D eigenvalue weighted by Crippen LogP contribution is 2.35. The maximum atomic E-state index is 9.75. The lowest BCUT2D eigenvalue weighted by atomic mass is 9.99. The van der Waals surface area contributed by atoms with E-state index in [-0.39, 0.29) is 0 Å². The molecule has 158 valence electrons. The van der Waals surface area contributed by atoms with E-state index in [0.717, 1.165) is 9.94 Å². The average molecular weight is 442 g/mol. The molecule has 1 nitrogen and oxygen atoms in total. The molecule has 0 N–H and O–H groups in total. The van der Waals surface area contributed by atoms with Gasteiger partial charge in [0.25, 0.3) is 11.3 Å². The van der Waals surface area contributed by atoms with Gasteiger partial charge in [-0.05, 0) is 33.5 Å². The summed E-state index contributed by atoms with van der Waals surface area (Å²) in [5.74, 6) is 0. The largest absolute Gasteiger partial charge is 0.673 e. The first-order valence-corrected chi connectivity index (χ1v) is 10.3. The first-order valence-electron chi connectivity index (χ1n) is 9.44. The van der Waals surface area contributed by atoms with Crippen molar-refractivity contribution in [2.75, 3.05) is 7.11 Å². The molecule has 0 bridgehead atoms. The van der Waals surface area contributed by atoms with Crippen LogP contribution in [-0.2, 0) is 0 Å². The van der Waals surface area contributed by atoms with Gasteiger partial charge in [0.05, 0.1) is 13.2 Å². The number of hydrogen-bond donors (Lipinski definition) is 0. The molecule has 0 fully saturated rings. The van der Waals surface area contributed by atoms with Gasteiger partial charge in [0.15, 0.2) is 0 Å². The van der Waals surface area contributed by atoms with Crippen molar-refractivity contribution < 1.29 is 22.0 Å². The van der Waals surface area contributed by atoms with Crippen LogP contribution in [0.4, 0.5) is 17.3 Å². The van der Waals surface area contributed by atoms with Crippen molar-refractivity contribution in [3.05, 3.63) is 95.4 Å². The molecule has 4 aromatic rings. The van der Waals surface area contributed by atoms with Crippen LogP contribution in [0.15, 0.2) is 84.9 Å². The van der Waals surface area contributed by atoms with Crippen LogP contribution in [-0.4, -0.2) is 14.4 Å². The van der Waals surface area contributed by atoms with Crippen LogP contribution < -0.4 is 4.74 Å². The minimum absolute atomic E-state index is 0.906.